The smallest absolute Gasteiger partial charge is 0.338 e. The number of carbonyl (C=O) groups is 1. The number of ether oxygens (including phenoxy) is 3. The summed E-state index contributed by atoms with van der Waals surface area (Å²) in [7, 11) is -1.19. The molecule has 3 rings (SSSR count). The van der Waals surface area contributed by atoms with Crippen LogP contribution < -0.4 is 14.2 Å². The number of benzene rings is 2. The molecular formula is C21H20N2O6S. The van der Waals surface area contributed by atoms with Crippen molar-refractivity contribution in [2.75, 3.05) is 14.2 Å². The van der Waals surface area contributed by atoms with E-state index in [1.165, 1.54) is 32.4 Å². The van der Waals surface area contributed by atoms with Gasteiger partial charge in [0.05, 0.1) is 18.9 Å². The first-order valence-corrected chi connectivity index (χ1v) is 10.4. The van der Waals surface area contributed by atoms with Crippen molar-refractivity contribution in [2.45, 2.75) is 11.5 Å². The van der Waals surface area contributed by atoms with Crippen LogP contribution in [0.5, 0.6) is 17.2 Å². The maximum absolute atomic E-state index is 12.5. The summed E-state index contributed by atoms with van der Waals surface area (Å²) in [5.41, 5.74) is 0.724. The number of nitrogens with one attached hydrogen (secondary N) is 1. The molecule has 3 aromatic rings. The number of pyridine rings is 1. The van der Waals surface area contributed by atoms with Gasteiger partial charge in [0, 0.05) is 11.8 Å². The molecule has 0 aliphatic heterocycles. The van der Waals surface area contributed by atoms with Gasteiger partial charge in [-0.2, -0.15) is 0 Å². The van der Waals surface area contributed by atoms with E-state index in [4.69, 9.17) is 14.2 Å². The van der Waals surface area contributed by atoms with E-state index in [1.807, 2.05) is 0 Å². The Hall–Kier alpha value is -3.43. The first kappa shape index (κ1) is 21.3. The molecular weight excluding hydrogens is 408 g/mol. The lowest BCUT2D eigenvalue weighted by Gasteiger charge is -2.13. The Bertz CT molecular complexity index is 1130. The van der Waals surface area contributed by atoms with Gasteiger partial charge in [0.2, 0.25) is 10.0 Å². The van der Waals surface area contributed by atoms with Gasteiger partial charge in [-0.3, -0.25) is 4.98 Å². The van der Waals surface area contributed by atoms with Gasteiger partial charge >= 0.3 is 5.97 Å². The summed E-state index contributed by atoms with van der Waals surface area (Å²) in [5, 5.41) is 0. The van der Waals surface area contributed by atoms with Crippen LogP contribution in [0.15, 0.2) is 71.9 Å². The Morgan fingerprint density at radius 2 is 1.87 bits per heavy atom. The Morgan fingerprint density at radius 3 is 2.57 bits per heavy atom. The molecule has 0 spiro atoms. The first-order chi connectivity index (χ1) is 14.4. The second kappa shape index (κ2) is 9.38. The number of para-hydroxylation sites is 1. The zero-order valence-electron chi connectivity index (χ0n) is 16.4. The molecule has 0 amide bonds. The number of rotatable bonds is 8. The molecule has 0 aliphatic rings. The van der Waals surface area contributed by atoms with Crippen LogP contribution in [0.3, 0.4) is 0 Å². The second-order valence-corrected chi connectivity index (χ2v) is 7.90. The van der Waals surface area contributed by atoms with Gasteiger partial charge in [-0.1, -0.05) is 18.2 Å². The van der Waals surface area contributed by atoms with Gasteiger partial charge in [0.15, 0.2) is 0 Å². The minimum Gasteiger partial charge on any atom is -0.495 e. The van der Waals surface area contributed by atoms with E-state index in [2.05, 4.69) is 9.71 Å². The number of esters is 1. The second-order valence-electron chi connectivity index (χ2n) is 6.05. The first-order valence-electron chi connectivity index (χ1n) is 8.89. The summed E-state index contributed by atoms with van der Waals surface area (Å²) in [6, 6.07) is 14.7. The zero-order chi connectivity index (χ0) is 21.6. The SMILES string of the molecule is CNS(=O)(=O)c1cc(C(=O)OCc2ccccc2Oc2cccnc2)ccc1OC. The molecule has 2 aromatic carbocycles. The topological polar surface area (TPSA) is 104 Å². The predicted molar refractivity (Wildman–Crippen MR) is 109 cm³/mol. The highest BCUT2D eigenvalue weighted by atomic mass is 32.2. The fourth-order valence-electron chi connectivity index (χ4n) is 2.61. The van der Waals surface area contributed by atoms with E-state index in [0.29, 0.717) is 17.1 Å². The molecule has 9 heteroatoms. The van der Waals surface area contributed by atoms with Gasteiger partial charge in [-0.25, -0.2) is 17.9 Å². The van der Waals surface area contributed by atoms with E-state index < -0.39 is 16.0 Å². The Morgan fingerprint density at radius 1 is 1.07 bits per heavy atom. The Labute approximate surface area is 174 Å². The fraction of sp³-hybridized carbons (Fsp3) is 0.143. The lowest BCUT2D eigenvalue weighted by molar-refractivity contribution is 0.0470. The van der Waals surface area contributed by atoms with Crippen molar-refractivity contribution in [1.82, 2.24) is 9.71 Å². The number of sulfonamides is 1. The standard InChI is InChI=1S/C21H20N2O6S/c1-22-30(25,26)20-12-15(9-10-19(20)27-2)21(24)28-14-16-6-3-4-8-18(16)29-17-7-5-11-23-13-17/h3-13,22H,14H2,1-2H3. The molecule has 0 radical (unpaired) electrons. The summed E-state index contributed by atoms with van der Waals surface area (Å²) >= 11 is 0. The third-order valence-corrected chi connectivity index (χ3v) is 5.59. The summed E-state index contributed by atoms with van der Waals surface area (Å²) in [4.78, 5) is 16.4. The molecule has 0 saturated carbocycles. The number of nitrogens with zero attached hydrogens (tertiary/aromatic N) is 1. The van der Waals surface area contributed by atoms with Crippen LogP contribution in [0.4, 0.5) is 0 Å². The van der Waals surface area contributed by atoms with Crippen molar-refractivity contribution in [1.29, 1.82) is 0 Å². The lowest BCUT2D eigenvalue weighted by Crippen LogP contribution is -2.20. The average Bonchev–Trinajstić information content (AvgIpc) is 2.78. The number of carbonyl (C=O) groups excluding carboxylic acids is 1. The van der Waals surface area contributed by atoms with Crippen molar-refractivity contribution in [3.63, 3.8) is 0 Å². The highest BCUT2D eigenvalue weighted by molar-refractivity contribution is 7.89. The molecule has 30 heavy (non-hydrogen) atoms. The zero-order valence-corrected chi connectivity index (χ0v) is 17.2. The van der Waals surface area contributed by atoms with Crippen LogP contribution in [-0.2, 0) is 21.4 Å². The van der Waals surface area contributed by atoms with Gasteiger partial charge in [-0.05, 0) is 43.4 Å². The molecule has 0 fully saturated rings. The minimum absolute atomic E-state index is 0.0601. The monoisotopic (exact) mass is 428 g/mol. The van der Waals surface area contributed by atoms with Crippen LogP contribution in [0.2, 0.25) is 0 Å². The number of hydrogen-bond donors (Lipinski definition) is 1. The number of aromatic nitrogens is 1. The third kappa shape index (κ3) is 4.94. The molecule has 0 saturated heterocycles. The normalized spacial score (nSPS) is 11.0. The van der Waals surface area contributed by atoms with Gasteiger partial charge in [0.25, 0.3) is 0 Å². The van der Waals surface area contributed by atoms with Crippen LogP contribution in [0.25, 0.3) is 0 Å². The fourth-order valence-corrected chi connectivity index (χ4v) is 3.53. The molecule has 0 atom stereocenters. The van der Waals surface area contributed by atoms with Gasteiger partial charge < -0.3 is 14.2 Å². The van der Waals surface area contributed by atoms with E-state index in [-0.39, 0.29) is 22.8 Å². The maximum atomic E-state index is 12.5. The van der Waals surface area contributed by atoms with E-state index >= 15 is 0 Å². The van der Waals surface area contributed by atoms with Crippen LogP contribution >= 0.6 is 0 Å². The van der Waals surface area contributed by atoms with Gasteiger partial charge in [-0.15, -0.1) is 0 Å². The summed E-state index contributed by atoms with van der Waals surface area (Å²) < 4.78 is 42.8. The highest BCUT2D eigenvalue weighted by Gasteiger charge is 2.21. The van der Waals surface area contributed by atoms with Crippen LogP contribution in [0.1, 0.15) is 15.9 Å². The Kier molecular flexibility index (Phi) is 6.65. The van der Waals surface area contributed by atoms with Crippen molar-refractivity contribution >= 4 is 16.0 Å². The molecule has 1 N–H and O–H groups in total. The summed E-state index contributed by atoms with van der Waals surface area (Å²) in [6.45, 7) is -0.0601. The molecule has 0 bridgehead atoms. The van der Waals surface area contributed by atoms with Crippen molar-refractivity contribution in [3.8, 4) is 17.2 Å². The van der Waals surface area contributed by atoms with E-state index in [9.17, 15) is 13.2 Å². The van der Waals surface area contributed by atoms with E-state index in [0.717, 1.165) is 0 Å². The van der Waals surface area contributed by atoms with Gasteiger partial charge in [0.1, 0.15) is 28.8 Å². The molecule has 8 nitrogen and oxygen atoms in total. The van der Waals surface area contributed by atoms with Crippen molar-refractivity contribution in [2.24, 2.45) is 0 Å². The molecule has 0 unspecified atom stereocenters. The maximum Gasteiger partial charge on any atom is 0.338 e. The number of methoxy groups -OCH3 is 1. The third-order valence-electron chi connectivity index (χ3n) is 4.15. The predicted octanol–water partition coefficient (Wildman–Crippen LogP) is 3.15. The molecule has 156 valence electrons. The molecule has 1 aromatic heterocycles. The minimum atomic E-state index is -3.81. The van der Waals surface area contributed by atoms with Crippen LogP contribution in [0, 0.1) is 0 Å². The Balaban J connectivity index is 1.78. The summed E-state index contributed by atoms with van der Waals surface area (Å²) in [6.07, 6.45) is 3.21. The largest absolute Gasteiger partial charge is 0.495 e. The average molecular weight is 428 g/mol. The van der Waals surface area contributed by atoms with Crippen molar-refractivity contribution < 1.29 is 27.4 Å². The summed E-state index contributed by atoms with van der Waals surface area (Å²) in [5.74, 6) is 0.511. The quantitative estimate of drug-likeness (QED) is 0.550. The molecule has 1 heterocycles. The number of hydrogen-bond acceptors (Lipinski definition) is 7. The highest BCUT2D eigenvalue weighted by Crippen LogP contribution is 2.27. The van der Waals surface area contributed by atoms with Crippen molar-refractivity contribution in [3.05, 3.63) is 78.1 Å². The molecule has 0 aliphatic carbocycles. The van der Waals surface area contributed by atoms with E-state index in [1.54, 1.807) is 48.8 Å². The van der Waals surface area contributed by atoms with Crippen LogP contribution in [-0.4, -0.2) is 33.5 Å². The lowest BCUT2D eigenvalue weighted by atomic mass is 10.2.